The van der Waals surface area contributed by atoms with E-state index in [1.54, 1.807) is 27.7 Å². The van der Waals surface area contributed by atoms with Crippen LogP contribution in [0.5, 0.6) is 0 Å². The molecule has 0 spiro atoms. The van der Waals surface area contributed by atoms with Crippen LogP contribution in [-0.2, 0) is 103 Å². The minimum absolute atomic E-state index is 0.0985. The monoisotopic (exact) mass is 1640 g/mol. The summed E-state index contributed by atoms with van der Waals surface area (Å²) < 4.78 is 164. The van der Waals surface area contributed by atoms with Crippen molar-refractivity contribution in [2.75, 3.05) is 68.7 Å². The number of hydrogen-bond acceptors (Lipinski definition) is 28. The van der Waals surface area contributed by atoms with Crippen LogP contribution in [-0.4, -0.2) is 281 Å². The van der Waals surface area contributed by atoms with Gasteiger partial charge in [0.25, 0.3) is 50.6 Å². The predicted octanol–water partition coefficient (Wildman–Crippen LogP) is -8.06. The van der Waals surface area contributed by atoms with E-state index in [0.29, 0.717) is 12.3 Å². The Hall–Kier alpha value is -6.56. The number of aliphatic hydroxyl groups is 2. The maximum atomic E-state index is 14.9. The van der Waals surface area contributed by atoms with Crippen LogP contribution in [0.3, 0.4) is 0 Å². The zero-order valence-corrected chi connectivity index (χ0v) is 65.0. The van der Waals surface area contributed by atoms with Gasteiger partial charge < -0.3 is 90.0 Å². The molecule has 23 N–H and O–H groups in total. The van der Waals surface area contributed by atoms with Gasteiger partial charge in [-0.1, -0.05) is 60.8 Å². The summed E-state index contributed by atoms with van der Waals surface area (Å²) in [4.78, 5) is 157. The fraction of sp³-hybridized carbons (Fsp3) is 0.810. The van der Waals surface area contributed by atoms with E-state index < -0.39 is 294 Å². The van der Waals surface area contributed by atoms with E-state index in [4.69, 9.17) is 0 Å². The molecule has 0 aromatic heterocycles. The molecular weight excluding hydrogens is 1530 g/mol. The molecule has 0 saturated carbocycles. The number of carbonyl (C=O) groups excluding carboxylic acids is 11. The van der Waals surface area contributed by atoms with Gasteiger partial charge in [0, 0.05) is 19.5 Å². The highest BCUT2D eigenvalue weighted by molar-refractivity contribution is 7.86. The molecule has 11 amide bonds. The molecule has 1 saturated heterocycles. The van der Waals surface area contributed by atoms with E-state index in [0.717, 1.165) is 33.1 Å². The number of unbranched alkanes of at least 4 members (excludes halogenated alkanes) is 1. The lowest BCUT2D eigenvalue weighted by atomic mass is 9.99. The van der Waals surface area contributed by atoms with Gasteiger partial charge in [0.15, 0.2) is 0 Å². The fourth-order valence-electron chi connectivity index (χ4n) is 10.2. The van der Waals surface area contributed by atoms with E-state index in [1.807, 2.05) is 6.92 Å². The topological polar surface area (TPSA) is 693 Å². The molecule has 0 radical (unpaired) electrons. The molecule has 1 rings (SSSR count). The SMILES string of the molecule is CCC(C)CCCCC(=O)NCCC(NCS(=O)(=O)O)C(=O)NC(C(=O)NC(CCNCS(=O)(=O)O)C(=O)NC1CCNC(=O)C(C(C)O)NC(=O)C(CCNCS(=O)(=O)O)NC(=O)C(CCNCS(=O)(=O)O)NC(=O)C(CC(C)C)NC(=O)C(CC(C)C)NC(=O)C(CCNCS(=O)(=O)O)NC1=O)C(C)O. The molecule has 1 aliphatic rings. The van der Waals surface area contributed by atoms with Crippen molar-refractivity contribution in [3.63, 3.8) is 0 Å². The van der Waals surface area contributed by atoms with Crippen molar-refractivity contribution in [2.45, 2.75) is 211 Å². The van der Waals surface area contributed by atoms with Crippen molar-refractivity contribution in [1.29, 1.82) is 0 Å². The molecule has 49 heteroatoms. The molecule has 13 atom stereocenters. The Labute approximate surface area is 623 Å². The smallest absolute Gasteiger partial charge is 0.278 e. The third kappa shape index (κ3) is 45.3. The van der Waals surface area contributed by atoms with E-state index in [1.165, 1.54) is 0 Å². The molecule has 1 fully saturated rings. The van der Waals surface area contributed by atoms with Crippen LogP contribution < -0.4 is 85.1 Å². The molecular formula is C58H110N16O28S5. The van der Waals surface area contributed by atoms with Crippen molar-refractivity contribution in [2.24, 2.45) is 17.8 Å². The largest absolute Gasteiger partial charge is 0.391 e. The van der Waals surface area contributed by atoms with Gasteiger partial charge >= 0.3 is 0 Å². The second-order valence-electron chi connectivity index (χ2n) is 26.7. The van der Waals surface area contributed by atoms with Crippen LogP contribution in [0, 0.1) is 17.8 Å². The van der Waals surface area contributed by atoms with Crippen LogP contribution in [0.2, 0.25) is 0 Å². The minimum atomic E-state index is -4.84. The zero-order valence-electron chi connectivity index (χ0n) is 60.9. The third-order valence-corrected chi connectivity index (χ3v) is 18.7. The summed E-state index contributed by atoms with van der Waals surface area (Å²) in [5.41, 5.74) is 0. The maximum Gasteiger partial charge on any atom is 0.278 e. The van der Waals surface area contributed by atoms with Gasteiger partial charge in [0.05, 0.1) is 18.2 Å². The summed E-state index contributed by atoms with van der Waals surface area (Å²) in [6.45, 7) is 9.33. The van der Waals surface area contributed by atoms with Crippen LogP contribution in [0.15, 0.2) is 0 Å². The molecule has 1 aliphatic heterocycles. The predicted molar refractivity (Wildman–Crippen MR) is 382 cm³/mol. The van der Waals surface area contributed by atoms with Gasteiger partial charge in [-0.25, -0.2) is 0 Å². The summed E-state index contributed by atoms with van der Waals surface area (Å²) in [6, 6.07) is -18.7. The van der Waals surface area contributed by atoms with Crippen molar-refractivity contribution in [3.8, 4) is 0 Å². The molecule has 107 heavy (non-hydrogen) atoms. The molecule has 0 aromatic rings. The van der Waals surface area contributed by atoms with E-state index in [-0.39, 0.29) is 32.2 Å². The minimum Gasteiger partial charge on any atom is -0.391 e. The number of aliphatic hydroxyl groups excluding tert-OH is 2. The normalized spacial score (nSPS) is 21.5. The molecule has 44 nitrogen and oxygen atoms in total. The summed E-state index contributed by atoms with van der Waals surface area (Å²) >= 11 is 0. The average molecular weight is 1640 g/mol. The molecule has 0 aromatic carbocycles. The lowest BCUT2D eigenvalue weighted by molar-refractivity contribution is -0.136. The number of hydrogen-bond donors (Lipinski definition) is 23. The third-order valence-electron chi connectivity index (χ3n) is 15.9. The Bertz CT molecular complexity index is 3520. The average Bonchev–Trinajstić information content (AvgIpc) is 1.15. The Morgan fingerprint density at radius 3 is 1.27 bits per heavy atom. The lowest BCUT2D eigenvalue weighted by Crippen LogP contribution is -2.62. The fourth-order valence-corrected chi connectivity index (χ4v) is 12.2. The lowest BCUT2D eigenvalue weighted by Gasteiger charge is -2.29. The maximum absolute atomic E-state index is 14.9. The van der Waals surface area contributed by atoms with E-state index in [9.17, 15) is 128 Å². The first kappa shape index (κ1) is 98.4. The standard InChI is InChI=1S/C58H110N16O28S5/c1-9-35(6)12-10-11-13-46(77)63-24-18-38(65-32-107(100,101)102)49(78)74-48(37(8)76)58(87)70-41(16-22-61-30-105(94,95)96)51(80)68-43-19-25-64-57(86)47(36(7)75)73-54(83)42(17-23-62-31-106(97,98)99)67-50(79)39(14-20-59-28-103(88,89)90)69-55(84)44(26-33(2)3)72-56(85)45(27-34(4)5)71-53(82)40(66-52(43)81)15-21-60-29-104(91,92)93/h33-45,47-48,59-62,65,75-76H,9-32H2,1-8H3,(H,63,77)(H,64,86)(H,66,81)(H,67,79)(H,68,80)(H,69,84)(H,70,87)(H,71,82)(H,72,85)(H,73,83)(H,74,78)(H,88,89,90)(H,91,92,93)(H,94,95,96)(H,97,98,99)(H,100,101,102). The number of nitrogens with one attached hydrogen (secondary N) is 16. The molecule has 0 bridgehead atoms. The highest BCUT2D eigenvalue weighted by Gasteiger charge is 2.38. The van der Waals surface area contributed by atoms with Gasteiger partial charge in [-0.2, -0.15) is 42.1 Å². The summed E-state index contributed by atoms with van der Waals surface area (Å²) in [6.07, 6.45) is -4.72. The van der Waals surface area contributed by atoms with Gasteiger partial charge in [0.1, 0.15) is 83.8 Å². The highest BCUT2D eigenvalue weighted by atomic mass is 32.2. The summed E-state index contributed by atoms with van der Waals surface area (Å²) in [5, 5.41) is 59.5. The Morgan fingerprint density at radius 2 is 0.860 bits per heavy atom. The van der Waals surface area contributed by atoms with Crippen LogP contribution >= 0.6 is 0 Å². The number of rotatable bonds is 44. The number of carbonyl (C=O) groups is 11. The first-order chi connectivity index (χ1) is 49.4. The van der Waals surface area contributed by atoms with Gasteiger partial charge in [0.2, 0.25) is 65.0 Å². The second kappa shape index (κ2) is 48.2. The Kier molecular flexibility index (Phi) is 44.3. The van der Waals surface area contributed by atoms with E-state index in [2.05, 4.69) is 92.0 Å². The van der Waals surface area contributed by atoms with E-state index >= 15 is 0 Å². The van der Waals surface area contributed by atoms with Crippen LogP contribution in [0.4, 0.5) is 0 Å². The first-order valence-electron chi connectivity index (χ1n) is 34.4. The summed E-state index contributed by atoms with van der Waals surface area (Å²) in [5.74, 6) is -19.2. The molecule has 620 valence electrons. The van der Waals surface area contributed by atoms with Gasteiger partial charge in [-0.15, -0.1) is 0 Å². The number of amides is 11. The van der Waals surface area contributed by atoms with Crippen molar-refractivity contribution >= 4 is 116 Å². The molecule has 13 unspecified atom stereocenters. The van der Waals surface area contributed by atoms with Crippen molar-refractivity contribution < 1.29 is 128 Å². The van der Waals surface area contributed by atoms with Crippen molar-refractivity contribution in [3.05, 3.63) is 0 Å². The summed E-state index contributed by atoms with van der Waals surface area (Å²) in [7, 11) is -23.7. The second-order valence-corrected chi connectivity index (χ2v) is 33.9. The van der Waals surface area contributed by atoms with Crippen molar-refractivity contribution in [1.82, 2.24) is 85.1 Å². The molecule has 0 aliphatic carbocycles. The van der Waals surface area contributed by atoms with Gasteiger partial charge in [-0.05, 0) is 116 Å². The Morgan fingerprint density at radius 1 is 0.458 bits per heavy atom. The molecule has 1 heterocycles. The highest BCUT2D eigenvalue weighted by Crippen LogP contribution is 2.15. The van der Waals surface area contributed by atoms with Crippen LogP contribution in [0.25, 0.3) is 0 Å². The Balaban J connectivity index is 4.29. The zero-order chi connectivity index (χ0) is 81.8. The van der Waals surface area contributed by atoms with Crippen LogP contribution in [0.1, 0.15) is 139 Å². The quantitative estimate of drug-likeness (QED) is 0.0199. The van der Waals surface area contributed by atoms with Gasteiger partial charge in [-0.3, -0.25) is 80.8 Å². The first-order valence-corrected chi connectivity index (χ1v) is 42.4.